The first-order valence-electron chi connectivity index (χ1n) is 20.7. The second-order valence-electron chi connectivity index (χ2n) is 14.1. The smallest absolute Gasteiger partial charge is 0.472 e. The van der Waals surface area contributed by atoms with Crippen molar-refractivity contribution in [2.75, 3.05) is 26.4 Å². The number of esters is 1. The Morgan fingerprint density at radius 3 is 1.44 bits per heavy atom. The first-order chi connectivity index (χ1) is 24.3. The van der Waals surface area contributed by atoms with E-state index in [0.29, 0.717) is 0 Å². The summed E-state index contributed by atoms with van der Waals surface area (Å²) in [7, 11) is -4.52. The maximum absolute atomic E-state index is 12.6. The van der Waals surface area contributed by atoms with E-state index in [1.165, 1.54) is 148 Å². The summed E-state index contributed by atoms with van der Waals surface area (Å²) in [5, 5.41) is 18.3. The maximum Gasteiger partial charge on any atom is 0.472 e. The Kier molecular flexibility index (Phi) is 37.1. The number of hydrogen-bond donors (Lipinski definition) is 3. The van der Waals surface area contributed by atoms with Crippen molar-refractivity contribution in [3.05, 3.63) is 12.3 Å². The molecule has 50 heavy (non-hydrogen) atoms. The highest BCUT2D eigenvalue weighted by atomic mass is 31.2. The van der Waals surface area contributed by atoms with Crippen molar-refractivity contribution >= 4 is 13.8 Å². The van der Waals surface area contributed by atoms with E-state index in [9.17, 15) is 19.4 Å². The molecule has 10 heteroatoms. The highest BCUT2D eigenvalue weighted by molar-refractivity contribution is 7.47. The molecule has 0 aliphatic rings. The Hall–Kier alpha value is -0.960. The molecule has 1 unspecified atom stereocenters. The van der Waals surface area contributed by atoms with Gasteiger partial charge in [-0.1, -0.05) is 174 Å². The molecule has 0 saturated heterocycles. The van der Waals surface area contributed by atoms with Gasteiger partial charge in [-0.3, -0.25) is 13.8 Å². The predicted octanol–water partition coefficient (Wildman–Crippen LogP) is 11.3. The van der Waals surface area contributed by atoms with E-state index in [1.54, 1.807) is 6.26 Å². The van der Waals surface area contributed by atoms with Crippen molar-refractivity contribution in [3.8, 4) is 0 Å². The second-order valence-corrected chi connectivity index (χ2v) is 15.5. The Bertz CT molecular complexity index is 795. The minimum absolute atomic E-state index is 0.0289. The van der Waals surface area contributed by atoms with Crippen molar-refractivity contribution in [2.45, 2.75) is 212 Å². The number of carbonyl (C=O) groups excluding carboxylic acids is 1. The van der Waals surface area contributed by atoms with Crippen LogP contribution in [0.4, 0.5) is 0 Å². The van der Waals surface area contributed by atoms with Crippen molar-refractivity contribution < 1.29 is 43.0 Å². The van der Waals surface area contributed by atoms with Gasteiger partial charge in [-0.05, 0) is 25.3 Å². The number of rotatable bonds is 40. The van der Waals surface area contributed by atoms with Crippen molar-refractivity contribution in [3.63, 3.8) is 0 Å². The summed E-state index contributed by atoms with van der Waals surface area (Å²) in [6.45, 7) is 2.90. The van der Waals surface area contributed by atoms with Gasteiger partial charge < -0.3 is 24.6 Å². The number of hydrogen-bond acceptors (Lipinski definition) is 8. The van der Waals surface area contributed by atoms with Gasteiger partial charge in [0.2, 0.25) is 0 Å². The molecule has 0 amide bonds. The Morgan fingerprint density at radius 2 is 1.00 bits per heavy atom. The minimum Gasteiger partial charge on any atom is -0.498 e. The number of carbonyl (C=O) groups is 1. The number of allylic oxidation sites excluding steroid dienone is 1. The molecule has 0 aliphatic heterocycles. The van der Waals surface area contributed by atoms with E-state index in [-0.39, 0.29) is 13.0 Å². The van der Waals surface area contributed by atoms with Crippen LogP contribution in [0.3, 0.4) is 0 Å². The van der Waals surface area contributed by atoms with Crippen LogP contribution in [0.25, 0.3) is 0 Å². The van der Waals surface area contributed by atoms with Gasteiger partial charge in [0.05, 0.1) is 26.1 Å². The lowest BCUT2D eigenvalue weighted by atomic mass is 10.0. The highest BCUT2D eigenvalue weighted by Crippen LogP contribution is 2.43. The van der Waals surface area contributed by atoms with E-state index in [2.05, 4.69) is 13.8 Å². The van der Waals surface area contributed by atoms with Crippen LogP contribution in [0, 0.1) is 0 Å². The molecule has 0 aromatic rings. The van der Waals surface area contributed by atoms with E-state index < -0.39 is 45.8 Å². The fourth-order valence-electron chi connectivity index (χ4n) is 5.85. The highest BCUT2D eigenvalue weighted by Gasteiger charge is 2.26. The molecule has 0 saturated carbocycles. The first kappa shape index (κ1) is 49.0. The molecule has 9 nitrogen and oxygen atoms in total. The zero-order valence-corrected chi connectivity index (χ0v) is 33.3. The average molecular weight is 735 g/mol. The van der Waals surface area contributed by atoms with Crippen molar-refractivity contribution in [1.82, 2.24) is 0 Å². The molecule has 0 fully saturated rings. The minimum atomic E-state index is -4.52. The number of aliphatic hydroxyl groups excluding tert-OH is 2. The molecule has 0 aromatic carbocycles. The van der Waals surface area contributed by atoms with Gasteiger partial charge in [-0.2, -0.15) is 0 Å². The van der Waals surface area contributed by atoms with E-state index >= 15 is 0 Å². The monoisotopic (exact) mass is 735 g/mol. The topological polar surface area (TPSA) is 132 Å². The molecule has 3 N–H and O–H groups in total. The third-order valence-electron chi connectivity index (χ3n) is 9.05. The fourth-order valence-corrected chi connectivity index (χ4v) is 6.64. The van der Waals surface area contributed by atoms with Crippen LogP contribution < -0.4 is 0 Å². The molecular formula is C40H79O9P. The number of aliphatic hydroxyl groups is 2. The number of phosphoric acid groups is 1. The Balaban J connectivity index is 4.21. The summed E-state index contributed by atoms with van der Waals surface area (Å²) >= 11 is 0. The van der Waals surface area contributed by atoms with Gasteiger partial charge in [-0.25, -0.2) is 4.57 Å². The summed E-state index contributed by atoms with van der Waals surface area (Å²) in [6.07, 6.45) is 36.8. The molecular weight excluding hydrogens is 655 g/mol. The summed E-state index contributed by atoms with van der Waals surface area (Å²) in [4.78, 5) is 22.5. The first-order valence-corrected chi connectivity index (χ1v) is 22.2. The fraction of sp³-hybridized carbons (Fsp3) is 0.925. The van der Waals surface area contributed by atoms with Crippen LogP contribution in [0.15, 0.2) is 12.3 Å². The van der Waals surface area contributed by atoms with Gasteiger partial charge in [0.25, 0.3) is 0 Å². The van der Waals surface area contributed by atoms with E-state index in [1.807, 2.05) is 6.08 Å². The summed E-state index contributed by atoms with van der Waals surface area (Å²) in [5.74, 6) is -0.402. The van der Waals surface area contributed by atoms with Crippen LogP contribution in [-0.2, 0) is 27.9 Å². The van der Waals surface area contributed by atoms with Crippen LogP contribution >= 0.6 is 7.82 Å². The van der Waals surface area contributed by atoms with Crippen LogP contribution in [0.1, 0.15) is 200 Å². The van der Waals surface area contributed by atoms with Gasteiger partial charge in [0, 0.05) is 6.42 Å². The number of unbranched alkanes of at least 4 members (excludes halogenated alkanes) is 26. The standard InChI is InChI=1S/C40H79O9P/c1-3-5-7-9-11-13-15-17-18-19-21-23-25-27-29-31-33-46-36-39(37-48-50(44,45)47-35-38(42)34-41)49-40(43)32-30-28-26-24-22-20-16-14-12-10-8-6-4-2/h31,33,38-39,41-42H,3-30,32,34-37H2,1-2H3,(H,44,45)/b33-31-/t38-,39+/m0/s1. The molecule has 3 atom stereocenters. The zero-order valence-electron chi connectivity index (χ0n) is 32.4. The Morgan fingerprint density at radius 1 is 0.600 bits per heavy atom. The van der Waals surface area contributed by atoms with Crippen molar-refractivity contribution in [1.29, 1.82) is 0 Å². The molecule has 0 rings (SSSR count). The number of phosphoric ester groups is 1. The lowest BCUT2D eigenvalue weighted by Gasteiger charge is -2.20. The third-order valence-corrected chi connectivity index (χ3v) is 10.00. The van der Waals surface area contributed by atoms with Crippen LogP contribution in [-0.4, -0.2) is 59.7 Å². The lowest BCUT2D eigenvalue weighted by molar-refractivity contribution is -0.153. The average Bonchev–Trinajstić information content (AvgIpc) is 3.10. The van der Waals surface area contributed by atoms with Crippen LogP contribution in [0.2, 0.25) is 0 Å². The third kappa shape index (κ3) is 36.8. The van der Waals surface area contributed by atoms with Crippen LogP contribution in [0.5, 0.6) is 0 Å². The molecule has 0 heterocycles. The lowest BCUT2D eigenvalue weighted by Crippen LogP contribution is -2.28. The molecule has 0 aliphatic carbocycles. The summed E-state index contributed by atoms with van der Waals surface area (Å²) in [5.41, 5.74) is 0. The predicted molar refractivity (Wildman–Crippen MR) is 205 cm³/mol. The second kappa shape index (κ2) is 37.8. The normalized spacial score (nSPS) is 14.2. The molecule has 298 valence electrons. The van der Waals surface area contributed by atoms with Gasteiger partial charge in [-0.15, -0.1) is 0 Å². The molecule has 0 spiro atoms. The summed E-state index contributed by atoms with van der Waals surface area (Å²) < 4.78 is 33.1. The van der Waals surface area contributed by atoms with E-state index in [4.69, 9.17) is 23.6 Å². The van der Waals surface area contributed by atoms with Gasteiger partial charge in [0.15, 0.2) is 6.10 Å². The zero-order chi connectivity index (χ0) is 36.8. The molecule has 0 bridgehead atoms. The van der Waals surface area contributed by atoms with Crippen molar-refractivity contribution in [2.24, 2.45) is 0 Å². The number of ether oxygens (including phenoxy) is 2. The maximum atomic E-state index is 12.6. The Labute approximate surface area is 307 Å². The molecule has 0 radical (unpaired) electrons. The largest absolute Gasteiger partial charge is 0.498 e. The molecule has 0 aromatic heterocycles. The SMILES string of the molecule is CCCCCCCCCCCCCCCC/C=C\OC[C@H](COP(=O)(O)OC[C@@H](O)CO)OC(=O)CCCCCCCCCCCCCCC. The van der Waals surface area contributed by atoms with Gasteiger partial charge >= 0.3 is 13.8 Å². The van der Waals surface area contributed by atoms with Gasteiger partial charge in [0.1, 0.15) is 12.7 Å². The quantitative estimate of drug-likeness (QED) is 0.0243. The summed E-state index contributed by atoms with van der Waals surface area (Å²) in [6, 6.07) is 0. The van der Waals surface area contributed by atoms with E-state index in [0.717, 1.165) is 32.1 Å².